The molecule has 1 aliphatic rings. The van der Waals surface area contributed by atoms with Gasteiger partial charge >= 0.3 is 0 Å². The molecule has 2 heterocycles. The molecule has 1 saturated heterocycles. The summed E-state index contributed by atoms with van der Waals surface area (Å²) in [6.45, 7) is 8.00. The van der Waals surface area contributed by atoms with E-state index < -0.39 is 0 Å². The molecule has 0 saturated carbocycles. The molecule has 1 amide bonds. The van der Waals surface area contributed by atoms with E-state index in [-0.39, 0.29) is 24.2 Å². The second kappa shape index (κ2) is 6.77. The van der Waals surface area contributed by atoms with Crippen LogP contribution in [0.1, 0.15) is 51.0 Å². The maximum atomic E-state index is 11.5. The van der Waals surface area contributed by atoms with Crippen LogP contribution in [0, 0.1) is 12.8 Å². The fourth-order valence-electron chi connectivity index (χ4n) is 3.62. The summed E-state index contributed by atoms with van der Waals surface area (Å²) in [5, 5.41) is 4.94. The molecule has 3 rings (SSSR count). The SMILES string of the molecule is CC(=O)N[C@H]1C[C@@H](c2[nH]c3ccc(Cl)cc3c2C)O[C@@H](C(C)C)C1. The van der Waals surface area contributed by atoms with Gasteiger partial charge in [-0.3, -0.25) is 4.79 Å². The first-order chi connectivity index (χ1) is 11.3. The zero-order valence-electron chi connectivity index (χ0n) is 14.7. The van der Waals surface area contributed by atoms with Crippen molar-refractivity contribution in [3.8, 4) is 0 Å². The van der Waals surface area contributed by atoms with Crippen LogP contribution in [-0.4, -0.2) is 23.0 Å². The third-order valence-corrected chi connectivity index (χ3v) is 5.12. The predicted octanol–water partition coefficient (Wildman–Crippen LogP) is 4.51. The number of nitrogens with one attached hydrogen (secondary N) is 2. The number of aromatic amines is 1. The number of carbonyl (C=O) groups is 1. The Balaban J connectivity index is 1.94. The van der Waals surface area contributed by atoms with Gasteiger partial charge in [0, 0.05) is 34.6 Å². The van der Waals surface area contributed by atoms with Crippen molar-refractivity contribution in [2.45, 2.75) is 58.8 Å². The summed E-state index contributed by atoms with van der Waals surface area (Å²) in [6, 6.07) is 6.02. The van der Waals surface area contributed by atoms with Crippen molar-refractivity contribution in [1.29, 1.82) is 0 Å². The minimum Gasteiger partial charge on any atom is -0.368 e. The van der Waals surface area contributed by atoms with Gasteiger partial charge in [-0.15, -0.1) is 0 Å². The maximum absolute atomic E-state index is 11.5. The standard InChI is InChI=1S/C19H25ClN2O2/c1-10(2)17-8-14(21-12(4)23)9-18(24-17)19-11(3)15-7-13(20)5-6-16(15)22-19/h5-7,10,14,17-18,22H,8-9H2,1-4H3,(H,21,23)/t14-,17-,18+/m1/s1. The van der Waals surface area contributed by atoms with E-state index in [1.807, 2.05) is 18.2 Å². The van der Waals surface area contributed by atoms with Crippen molar-refractivity contribution >= 4 is 28.4 Å². The number of aryl methyl sites for hydroxylation is 1. The minimum atomic E-state index is -0.0471. The summed E-state index contributed by atoms with van der Waals surface area (Å²) in [6.07, 6.45) is 1.73. The Morgan fingerprint density at radius 3 is 2.79 bits per heavy atom. The lowest BCUT2D eigenvalue weighted by Gasteiger charge is -2.37. The summed E-state index contributed by atoms with van der Waals surface area (Å²) in [7, 11) is 0. The Labute approximate surface area is 147 Å². The molecule has 0 radical (unpaired) electrons. The van der Waals surface area contributed by atoms with E-state index in [0.717, 1.165) is 34.5 Å². The van der Waals surface area contributed by atoms with Crippen LogP contribution in [0.15, 0.2) is 18.2 Å². The van der Waals surface area contributed by atoms with Crippen LogP contribution in [0.5, 0.6) is 0 Å². The van der Waals surface area contributed by atoms with Crippen molar-refractivity contribution in [1.82, 2.24) is 10.3 Å². The van der Waals surface area contributed by atoms with Gasteiger partial charge in [-0.05, 0) is 49.4 Å². The number of ether oxygens (including phenoxy) is 1. The smallest absolute Gasteiger partial charge is 0.217 e. The average molecular weight is 349 g/mol. The zero-order chi connectivity index (χ0) is 17.4. The third-order valence-electron chi connectivity index (χ3n) is 4.89. The van der Waals surface area contributed by atoms with Gasteiger partial charge in [0.05, 0.1) is 12.2 Å². The zero-order valence-corrected chi connectivity index (χ0v) is 15.4. The summed E-state index contributed by atoms with van der Waals surface area (Å²) < 4.78 is 6.37. The molecule has 5 heteroatoms. The number of aromatic nitrogens is 1. The van der Waals surface area contributed by atoms with Crippen LogP contribution in [0.3, 0.4) is 0 Å². The van der Waals surface area contributed by atoms with E-state index >= 15 is 0 Å². The van der Waals surface area contributed by atoms with E-state index in [1.165, 1.54) is 5.56 Å². The van der Waals surface area contributed by atoms with Gasteiger partial charge in [0.1, 0.15) is 0 Å². The number of H-pyrrole nitrogens is 1. The molecular formula is C19H25ClN2O2. The molecule has 0 bridgehead atoms. The van der Waals surface area contributed by atoms with Crippen LogP contribution in [0.4, 0.5) is 0 Å². The maximum Gasteiger partial charge on any atom is 0.217 e. The number of hydrogen-bond donors (Lipinski definition) is 2. The van der Waals surface area contributed by atoms with E-state index in [9.17, 15) is 4.79 Å². The first-order valence-corrected chi connectivity index (χ1v) is 8.93. The first-order valence-electron chi connectivity index (χ1n) is 8.55. The van der Waals surface area contributed by atoms with Crippen molar-refractivity contribution in [2.24, 2.45) is 5.92 Å². The molecule has 0 unspecified atom stereocenters. The molecule has 130 valence electrons. The highest BCUT2D eigenvalue weighted by molar-refractivity contribution is 6.31. The van der Waals surface area contributed by atoms with Gasteiger partial charge < -0.3 is 15.0 Å². The molecule has 1 fully saturated rings. The average Bonchev–Trinajstić information content (AvgIpc) is 2.83. The predicted molar refractivity (Wildman–Crippen MR) is 97.3 cm³/mol. The van der Waals surface area contributed by atoms with E-state index in [2.05, 4.69) is 31.1 Å². The van der Waals surface area contributed by atoms with E-state index in [0.29, 0.717) is 5.92 Å². The Morgan fingerprint density at radius 2 is 2.12 bits per heavy atom. The molecule has 1 aliphatic heterocycles. The monoisotopic (exact) mass is 348 g/mol. The second-order valence-corrected chi connectivity index (χ2v) is 7.57. The molecule has 0 aliphatic carbocycles. The van der Waals surface area contributed by atoms with Crippen molar-refractivity contribution < 1.29 is 9.53 Å². The van der Waals surface area contributed by atoms with Crippen molar-refractivity contribution in [2.75, 3.05) is 0 Å². The highest BCUT2D eigenvalue weighted by Gasteiger charge is 2.34. The fraction of sp³-hybridized carbons (Fsp3) is 0.526. The number of amides is 1. The summed E-state index contributed by atoms with van der Waals surface area (Å²) >= 11 is 6.14. The van der Waals surface area contributed by atoms with Crippen molar-refractivity contribution in [3.63, 3.8) is 0 Å². The summed E-state index contributed by atoms with van der Waals surface area (Å²) in [5.74, 6) is 0.423. The first kappa shape index (κ1) is 17.3. The number of fused-ring (bicyclic) bond motifs is 1. The van der Waals surface area contributed by atoms with Gasteiger partial charge in [-0.2, -0.15) is 0 Å². The van der Waals surface area contributed by atoms with Gasteiger partial charge in [-0.1, -0.05) is 25.4 Å². The summed E-state index contributed by atoms with van der Waals surface area (Å²) in [5.41, 5.74) is 3.33. The Morgan fingerprint density at radius 1 is 1.38 bits per heavy atom. The number of halogens is 1. The van der Waals surface area contributed by atoms with Gasteiger partial charge in [0.15, 0.2) is 0 Å². The molecule has 1 aromatic heterocycles. The van der Waals surface area contributed by atoms with Gasteiger partial charge in [0.2, 0.25) is 5.91 Å². The quantitative estimate of drug-likeness (QED) is 0.857. The Bertz CT molecular complexity index is 753. The highest BCUT2D eigenvalue weighted by atomic mass is 35.5. The van der Waals surface area contributed by atoms with Crippen LogP contribution < -0.4 is 5.32 Å². The number of carbonyl (C=O) groups excluding carboxylic acids is 1. The number of hydrogen-bond acceptors (Lipinski definition) is 2. The molecule has 4 nitrogen and oxygen atoms in total. The summed E-state index contributed by atoms with van der Waals surface area (Å²) in [4.78, 5) is 15.0. The number of rotatable bonds is 3. The van der Waals surface area contributed by atoms with E-state index in [1.54, 1.807) is 6.92 Å². The van der Waals surface area contributed by atoms with Crippen molar-refractivity contribution in [3.05, 3.63) is 34.5 Å². The molecule has 24 heavy (non-hydrogen) atoms. The lowest BCUT2D eigenvalue weighted by atomic mass is 9.90. The normalized spacial score (nSPS) is 24.5. The highest BCUT2D eigenvalue weighted by Crippen LogP contribution is 2.37. The minimum absolute atomic E-state index is 0.0170. The fourth-order valence-corrected chi connectivity index (χ4v) is 3.79. The van der Waals surface area contributed by atoms with Crippen LogP contribution in [-0.2, 0) is 9.53 Å². The molecule has 2 N–H and O–H groups in total. The Kier molecular flexibility index (Phi) is 4.88. The third kappa shape index (κ3) is 3.45. The molecule has 1 aromatic carbocycles. The largest absolute Gasteiger partial charge is 0.368 e. The van der Waals surface area contributed by atoms with E-state index in [4.69, 9.17) is 16.3 Å². The Hall–Kier alpha value is -1.52. The topological polar surface area (TPSA) is 54.1 Å². The van der Waals surface area contributed by atoms with Crippen LogP contribution in [0.25, 0.3) is 10.9 Å². The van der Waals surface area contributed by atoms with Crippen LogP contribution in [0.2, 0.25) is 5.02 Å². The molecular weight excluding hydrogens is 324 g/mol. The lowest BCUT2D eigenvalue weighted by molar-refractivity contribution is -0.123. The molecule has 0 spiro atoms. The molecule has 2 aromatic rings. The molecule has 3 atom stereocenters. The lowest BCUT2D eigenvalue weighted by Crippen LogP contribution is -2.43. The number of benzene rings is 1. The van der Waals surface area contributed by atoms with Gasteiger partial charge in [0.25, 0.3) is 0 Å². The van der Waals surface area contributed by atoms with Gasteiger partial charge in [-0.25, -0.2) is 0 Å². The van der Waals surface area contributed by atoms with Crippen LogP contribution >= 0.6 is 11.6 Å². The second-order valence-electron chi connectivity index (χ2n) is 7.13.